The fourth-order valence-electron chi connectivity index (χ4n) is 1.12. The van der Waals surface area contributed by atoms with Gasteiger partial charge in [0, 0.05) is 12.0 Å². The summed E-state index contributed by atoms with van der Waals surface area (Å²) in [6.45, 7) is 4.55. The maximum atomic E-state index is 9.05. The third-order valence-corrected chi connectivity index (χ3v) is 2.26. The molecule has 0 amide bonds. The molecule has 1 heterocycles. The van der Waals surface area contributed by atoms with E-state index in [1.54, 1.807) is 13.1 Å². The monoisotopic (exact) mass is 214 g/mol. The van der Waals surface area contributed by atoms with E-state index in [1.165, 1.54) is 0 Å². The van der Waals surface area contributed by atoms with Crippen molar-refractivity contribution in [2.45, 2.75) is 20.4 Å². The van der Waals surface area contributed by atoms with E-state index in [2.05, 4.69) is 10.3 Å². The zero-order chi connectivity index (χ0) is 11.3. The van der Waals surface area contributed by atoms with Crippen LogP contribution >= 0.6 is 0 Å². The van der Waals surface area contributed by atoms with E-state index in [1.807, 2.05) is 6.92 Å². The summed E-state index contributed by atoms with van der Waals surface area (Å²) < 4.78 is 5.27. The van der Waals surface area contributed by atoms with Crippen molar-refractivity contribution in [2.24, 2.45) is 5.41 Å². The molecule has 0 aliphatic carbocycles. The van der Waals surface area contributed by atoms with Crippen LogP contribution in [0.5, 0.6) is 0 Å². The molecule has 1 rings (SSSR count). The van der Waals surface area contributed by atoms with Crippen molar-refractivity contribution in [3.05, 3.63) is 17.8 Å². The predicted octanol–water partition coefficient (Wildman–Crippen LogP) is 0.0635. The molecule has 0 radical (unpaired) electrons. The highest BCUT2D eigenvalue weighted by Crippen LogP contribution is 2.12. The molecule has 0 spiro atoms. The van der Waals surface area contributed by atoms with Crippen molar-refractivity contribution in [1.29, 1.82) is 0 Å². The van der Waals surface area contributed by atoms with E-state index in [9.17, 15) is 0 Å². The lowest BCUT2D eigenvalue weighted by molar-refractivity contribution is 0.0690. The first-order valence-corrected chi connectivity index (χ1v) is 4.93. The van der Waals surface area contributed by atoms with Gasteiger partial charge in [-0.15, -0.1) is 0 Å². The van der Waals surface area contributed by atoms with Crippen LogP contribution in [0.1, 0.15) is 18.6 Å². The van der Waals surface area contributed by atoms with Crippen LogP contribution in [-0.2, 0) is 6.54 Å². The Kier molecular flexibility index (Phi) is 4.26. The number of aromatic nitrogens is 1. The number of rotatable bonds is 6. The van der Waals surface area contributed by atoms with E-state index < -0.39 is 5.41 Å². The first kappa shape index (κ1) is 12.2. The topological polar surface area (TPSA) is 78.5 Å². The van der Waals surface area contributed by atoms with E-state index in [0.29, 0.717) is 19.0 Å². The summed E-state index contributed by atoms with van der Waals surface area (Å²) in [5.74, 6) is 1.39. The van der Waals surface area contributed by atoms with Gasteiger partial charge in [0.15, 0.2) is 0 Å². The zero-order valence-corrected chi connectivity index (χ0v) is 9.16. The molecule has 0 saturated carbocycles. The molecule has 86 valence electrons. The third-order valence-electron chi connectivity index (χ3n) is 2.26. The molecule has 15 heavy (non-hydrogen) atoms. The fourth-order valence-corrected chi connectivity index (χ4v) is 1.12. The van der Waals surface area contributed by atoms with E-state index >= 15 is 0 Å². The summed E-state index contributed by atoms with van der Waals surface area (Å²) >= 11 is 0. The maximum absolute atomic E-state index is 9.05. The minimum absolute atomic E-state index is 0.0545. The molecule has 5 nitrogen and oxygen atoms in total. The highest BCUT2D eigenvalue weighted by Gasteiger charge is 2.21. The molecule has 0 fully saturated rings. The summed E-state index contributed by atoms with van der Waals surface area (Å²) in [7, 11) is 0. The second-order valence-electron chi connectivity index (χ2n) is 4.10. The molecule has 0 saturated heterocycles. The van der Waals surface area contributed by atoms with Crippen molar-refractivity contribution in [3.63, 3.8) is 0 Å². The van der Waals surface area contributed by atoms with Crippen molar-refractivity contribution in [2.75, 3.05) is 19.8 Å². The first-order valence-electron chi connectivity index (χ1n) is 4.93. The van der Waals surface area contributed by atoms with Gasteiger partial charge in [0.2, 0.25) is 5.89 Å². The largest absolute Gasteiger partial charge is 0.445 e. The molecule has 1 aromatic heterocycles. The Balaban J connectivity index is 2.32. The number of nitrogens with zero attached hydrogens (tertiary/aromatic N) is 1. The minimum atomic E-state index is -0.498. The van der Waals surface area contributed by atoms with Gasteiger partial charge in [-0.25, -0.2) is 4.98 Å². The number of aliphatic hydroxyl groups excluding tert-OH is 2. The Morgan fingerprint density at radius 1 is 1.47 bits per heavy atom. The van der Waals surface area contributed by atoms with Crippen LogP contribution in [0.15, 0.2) is 10.6 Å². The number of nitrogens with one attached hydrogen (secondary N) is 1. The lowest BCUT2D eigenvalue weighted by Crippen LogP contribution is -2.37. The lowest BCUT2D eigenvalue weighted by atomic mass is 9.93. The zero-order valence-electron chi connectivity index (χ0n) is 9.16. The molecule has 1 aromatic rings. The highest BCUT2D eigenvalue weighted by molar-refractivity contribution is 4.90. The lowest BCUT2D eigenvalue weighted by Gasteiger charge is -2.24. The quantitative estimate of drug-likeness (QED) is 0.624. The molecule has 0 aliphatic rings. The van der Waals surface area contributed by atoms with Gasteiger partial charge in [-0.3, -0.25) is 0 Å². The van der Waals surface area contributed by atoms with Crippen molar-refractivity contribution in [1.82, 2.24) is 10.3 Å². The van der Waals surface area contributed by atoms with Crippen molar-refractivity contribution >= 4 is 0 Å². The van der Waals surface area contributed by atoms with Gasteiger partial charge in [-0.05, 0) is 6.92 Å². The molecule has 3 N–H and O–H groups in total. The molecular weight excluding hydrogens is 196 g/mol. The molecule has 0 bridgehead atoms. The smallest absolute Gasteiger partial charge is 0.208 e. The van der Waals surface area contributed by atoms with Gasteiger partial charge < -0.3 is 19.9 Å². The summed E-state index contributed by atoms with van der Waals surface area (Å²) in [5, 5.41) is 21.2. The highest BCUT2D eigenvalue weighted by atomic mass is 16.4. The normalized spacial score (nSPS) is 12.0. The van der Waals surface area contributed by atoms with Gasteiger partial charge >= 0.3 is 0 Å². The maximum Gasteiger partial charge on any atom is 0.208 e. The van der Waals surface area contributed by atoms with E-state index in [-0.39, 0.29) is 13.2 Å². The second kappa shape index (κ2) is 5.25. The predicted molar refractivity (Wildman–Crippen MR) is 55.2 cm³/mol. The Hall–Kier alpha value is -0.910. The van der Waals surface area contributed by atoms with Crippen LogP contribution in [0, 0.1) is 12.3 Å². The molecule has 0 unspecified atom stereocenters. The summed E-state index contributed by atoms with van der Waals surface area (Å²) in [6.07, 6.45) is 1.66. The number of hydrogen-bond acceptors (Lipinski definition) is 5. The van der Waals surface area contributed by atoms with Gasteiger partial charge in [-0.1, -0.05) is 6.92 Å². The van der Waals surface area contributed by atoms with Gasteiger partial charge in [-0.2, -0.15) is 0 Å². The summed E-state index contributed by atoms with van der Waals surface area (Å²) in [4.78, 5) is 4.03. The number of aliphatic hydroxyl groups is 2. The molecule has 0 aromatic carbocycles. The SMILES string of the molecule is Cc1cnc(CNCC(C)(CO)CO)o1. The van der Waals surface area contributed by atoms with Crippen LogP contribution < -0.4 is 5.32 Å². The van der Waals surface area contributed by atoms with Crippen molar-refractivity contribution < 1.29 is 14.6 Å². The number of hydrogen-bond donors (Lipinski definition) is 3. The summed E-state index contributed by atoms with van der Waals surface area (Å²) in [6, 6.07) is 0. The Bertz CT molecular complexity index is 295. The van der Waals surface area contributed by atoms with Gasteiger partial charge in [0.05, 0.1) is 26.0 Å². The van der Waals surface area contributed by atoms with E-state index in [4.69, 9.17) is 14.6 Å². The molecular formula is C10H18N2O3. The number of aryl methyl sites for hydroxylation is 1. The van der Waals surface area contributed by atoms with Crippen LogP contribution in [0.25, 0.3) is 0 Å². The van der Waals surface area contributed by atoms with Gasteiger partial charge in [0.1, 0.15) is 5.76 Å². The standard InChI is InChI=1S/C10H18N2O3/c1-8-3-12-9(15-8)4-11-5-10(2,6-13)7-14/h3,11,13-14H,4-7H2,1-2H3. The number of oxazole rings is 1. The Morgan fingerprint density at radius 2 is 2.13 bits per heavy atom. The van der Waals surface area contributed by atoms with Crippen molar-refractivity contribution in [3.8, 4) is 0 Å². The average Bonchev–Trinajstić information content (AvgIpc) is 2.64. The Labute approximate surface area is 89.1 Å². The van der Waals surface area contributed by atoms with Crippen LogP contribution in [-0.4, -0.2) is 35.0 Å². The first-order chi connectivity index (χ1) is 7.09. The molecule has 5 heteroatoms. The van der Waals surface area contributed by atoms with E-state index in [0.717, 1.165) is 5.76 Å². The Morgan fingerprint density at radius 3 is 2.60 bits per heavy atom. The van der Waals surface area contributed by atoms with Crippen LogP contribution in [0.2, 0.25) is 0 Å². The minimum Gasteiger partial charge on any atom is -0.445 e. The average molecular weight is 214 g/mol. The molecule has 0 aliphatic heterocycles. The second-order valence-corrected chi connectivity index (χ2v) is 4.10. The van der Waals surface area contributed by atoms with Crippen LogP contribution in [0.3, 0.4) is 0 Å². The van der Waals surface area contributed by atoms with Crippen LogP contribution in [0.4, 0.5) is 0 Å². The third kappa shape index (κ3) is 3.62. The summed E-state index contributed by atoms with van der Waals surface area (Å²) in [5.41, 5.74) is -0.498. The fraction of sp³-hybridized carbons (Fsp3) is 0.700. The molecule has 0 atom stereocenters. The van der Waals surface area contributed by atoms with Gasteiger partial charge in [0.25, 0.3) is 0 Å².